The first-order chi connectivity index (χ1) is 8.43. The second kappa shape index (κ2) is 4.47. The number of hydrogen-bond donors (Lipinski definition) is 0. The van der Waals surface area contributed by atoms with E-state index in [9.17, 15) is 0 Å². The van der Waals surface area contributed by atoms with Gasteiger partial charge in [0, 0.05) is 5.56 Å². The molecule has 1 heterocycles. The largest absolute Gasteiger partial charge is 0.465 e. The van der Waals surface area contributed by atoms with Gasteiger partial charge in [-0.3, -0.25) is 0 Å². The zero-order valence-electron chi connectivity index (χ0n) is 9.04. The van der Waals surface area contributed by atoms with Gasteiger partial charge in [0.1, 0.15) is 0 Å². The van der Waals surface area contributed by atoms with Crippen LogP contribution in [0, 0.1) is 0 Å². The lowest BCUT2D eigenvalue weighted by atomic mass is 10.2. The Bertz CT molecular complexity index is 550. The Morgan fingerprint density at radius 3 is 2.00 bits per heavy atom. The lowest BCUT2D eigenvalue weighted by Gasteiger charge is -1.87. The Morgan fingerprint density at radius 2 is 1.35 bits per heavy atom. The van der Waals surface area contributed by atoms with Crippen LogP contribution < -0.4 is 0 Å². The van der Waals surface area contributed by atoms with Crippen molar-refractivity contribution in [1.82, 2.24) is 5.16 Å². The number of benzene rings is 2. The van der Waals surface area contributed by atoms with E-state index in [-0.39, 0.29) is 0 Å². The van der Waals surface area contributed by atoms with E-state index in [0.29, 0.717) is 0 Å². The van der Waals surface area contributed by atoms with Crippen LogP contribution in [0.5, 0.6) is 0 Å². The summed E-state index contributed by atoms with van der Waals surface area (Å²) in [4.78, 5) is 0. The van der Waals surface area contributed by atoms with Gasteiger partial charge < -0.3 is 0 Å². The molecular formula is C14H10NOS+. The average molecular weight is 240 g/mol. The molecule has 0 fully saturated rings. The molecule has 2 aromatic carbocycles. The van der Waals surface area contributed by atoms with E-state index in [2.05, 4.69) is 5.16 Å². The van der Waals surface area contributed by atoms with Crippen LogP contribution >= 0.6 is 11.3 Å². The molecule has 0 spiro atoms. The highest BCUT2D eigenvalue weighted by molar-refractivity contribution is 7.17. The predicted octanol–water partition coefficient (Wildman–Crippen LogP) is 4.35. The topological polar surface area (TPSA) is 24.2 Å². The fourth-order valence-electron chi connectivity index (χ4n) is 1.59. The second-order valence-electron chi connectivity index (χ2n) is 3.61. The van der Waals surface area contributed by atoms with Gasteiger partial charge in [-0.1, -0.05) is 53.1 Å². The van der Waals surface area contributed by atoms with Gasteiger partial charge in [-0.2, -0.15) is 0 Å². The molecule has 0 atom stereocenters. The molecule has 3 rings (SSSR count). The van der Waals surface area contributed by atoms with Crippen molar-refractivity contribution in [1.29, 1.82) is 0 Å². The van der Waals surface area contributed by atoms with E-state index in [1.807, 2.05) is 60.7 Å². The summed E-state index contributed by atoms with van der Waals surface area (Å²) in [5, 5.41) is 5.85. The van der Waals surface area contributed by atoms with Crippen molar-refractivity contribution in [2.45, 2.75) is 0 Å². The maximum atomic E-state index is 5.37. The minimum atomic E-state index is 0.837. The van der Waals surface area contributed by atoms with Crippen molar-refractivity contribution >= 4 is 11.3 Å². The van der Waals surface area contributed by atoms with E-state index in [1.165, 1.54) is 0 Å². The summed E-state index contributed by atoms with van der Waals surface area (Å²) in [6.45, 7) is 0. The molecule has 1 aromatic heterocycles. The minimum absolute atomic E-state index is 0.837. The van der Waals surface area contributed by atoms with Crippen molar-refractivity contribution in [3.8, 4) is 21.2 Å². The Morgan fingerprint density at radius 1 is 0.765 bits per heavy atom. The van der Waals surface area contributed by atoms with Crippen LogP contribution in [0.25, 0.3) is 21.2 Å². The van der Waals surface area contributed by atoms with Gasteiger partial charge in [0.05, 0.1) is 5.56 Å². The predicted molar refractivity (Wildman–Crippen MR) is 69.7 cm³/mol. The highest BCUT2D eigenvalue weighted by Gasteiger charge is 2.20. The maximum absolute atomic E-state index is 5.37. The summed E-state index contributed by atoms with van der Waals surface area (Å²) in [7, 11) is 0. The summed E-state index contributed by atoms with van der Waals surface area (Å²) in [5.41, 5.74) is 2.15. The van der Waals surface area contributed by atoms with E-state index < -0.39 is 0 Å². The molecular weight excluding hydrogens is 230 g/mol. The van der Waals surface area contributed by atoms with Crippen LogP contribution in [0.1, 0.15) is 0 Å². The van der Waals surface area contributed by atoms with Gasteiger partial charge in [0.2, 0.25) is 5.01 Å². The number of hydrogen-bond acceptors (Lipinski definition) is 2. The smallest absolute Gasteiger partial charge is 0.0622 e. The molecule has 3 heteroatoms. The second-order valence-corrected chi connectivity index (χ2v) is 4.57. The molecule has 0 N–H and O–H groups in total. The van der Waals surface area contributed by atoms with Crippen molar-refractivity contribution in [2.75, 3.05) is 0 Å². The van der Waals surface area contributed by atoms with Gasteiger partial charge >= 0.3 is 5.07 Å². The van der Waals surface area contributed by atoms with Crippen LogP contribution in [-0.4, -0.2) is 5.16 Å². The summed E-state index contributed by atoms with van der Waals surface area (Å²) in [6, 6.07) is 20.1. The van der Waals surface area contributed by atoms with Crippen LogP contribution in [0.15, 0.2) is 65.2 Å². The van der Waals surface area contributed by atoms with Crippen molar-refractivity contribution in [2.24, 2.45) is 0 Å². The van der Waals surface area contributed by atoms with Crippen LogP contribution in [0.3, 0.4) is 0 Å². The molecule has 0 saturated heterocycles. The molecule has 3 aromatic rings. The highest BCUT2D eigenvalue weighted by Crippen LogP contribution is 2.31. The van der Waals surface area contributed by atoms with Gasteiger partial charge in [0.15, 0.2) is 5.16 Å². The zero-order valence-corrected chi connectivity index (χ0v) is 9.85. The molecule has 0 radical (unpaired) electrons. The number of nitrogens with zero attached hydrogens (tertiary/aromatic N) is 1. The Kier molecular flexibility index (Phi) is 2.68. The fraction of sp³-hybridized carbons (Fsp3) is 0. The summed E-state index contributed by atoms with van der Waals surface area (Å²) < 4.78 is 5.37. The normalized spacial score (nSPS) is 10.4. The van der Waals surface area contributed by atoms with Crippen molar-refractivity contribution in [3.63, 3.8) is 0 Å². The molecule has 2 nitrogen and oxygen atoms in total. The SMILES string of the molecule is c1ccc(-c2n[o+]c(-c3ccccc3)s2)cc1. The molecule has 0 bridgehead atoms. The first-order valence-corrected chi connectivity index (χ1v) is 6.16. The third kappa shape index (κ3) is 2.10. The Hall–Kier alpha value is -2.00. The Labute approximate surface area is 103 Å². The molecule has 0 aliphatic rings. The maximum Gasteiger partial charge on any atom is 0.465 e. The van der Waals surface area contributed by atoms with Gasteiger partial charge in [-0.25, -0.2) is 0 Å². The van der Waals surface area contributed by atoms with Crippen LogP contribution in [0.4, 0.5) is 0 Å². The highest BCUT2D eigenvalue weighted by atomic mass is 32.1. The molecule has 0 aliphatic heterocycles. The molecule has 0 aliphatic carbocycles. The lowest BCUT2D eigenvalue weighted by Crippen LogP contribution is -1.71. The van der Waals surface area contributed by atoms with E-state index >= 15 is 0 Å². The standard InChI is InChI=1S/C14H10NOS/c1-3-7-11(8-4-1)13-15-16-14(17-13)12-9-5-2-6-10-12/h1-10H/q+1. The first-order valence-electron chi connectivity index (χ1n) is 5.34. The Balaban J connectivity index is 1.99. The zero-order chi connectivity index (χ0) is 11.5. The summed E-state index contributed by atoms with van der Waals surface area (Å²) >= 11 is 1.56. The lowest BCUT2D eigenvalue weighted by molar-refractivity contribution is 0.436. The molecule has 0 amide bonds. The van der Waals surface area contributed by atoms with Crippen LogP contribution in [0.2, 0.25) is 0 Å². The molecule has 17 heavy (non-hydrogen) atoms. The van der Waals surface area contributed by atoms with Gasteiger partial charge in [-0.15, -0.1) is 0 Å². The van der Waals surface area contributed by atoms with E-state index in [4.69, 9.17) is 4.52 Å². The fourth-order valence-corrected chi connectivity index (χ4v) is 2.42. The van der Waals surface area contributed by atoms with Gasteiger partial charge in [-0.05, 0) is 23.5 Å². The monoisotopic (exact) mass is 240 g/mol. The minimum Gasteiger partial charge on any atom is -0.0622 e. The third-order valence-corrected chi connectivity index (χ3v) is 3.43. The van der Waals surface area contributed by atoms with Crippen molar-refractivity contribution < 1.29 is 4.52 Å². The third-order valence-electron chi connectivity index (χ3n) is 2.43. The van der Waals surface area contributed by atoms with Crippen LogP contribution in [-0.2, 0) is 0 Å². The van der Waals surface area contributed by atoms with Gasteiger partial charge in [0.25, 0.3) is 0 Å². The number of aromatic nitrogens is 1. The first kappa shape index (κ1) is 10.2. The summed E-state index contributed by atoms with van der Waals surface area (Å²) in [5.74, 6) is 0. The van der Waals surface area contributed by atoms with Crippen molar-refractivity contribution in [3.05, 3.63) is 60.7 Å². The molecule has 0 unspecified atom stereocenters. The molecule has 82 valence electrons. The quantitative estimate of drug-likeness (QED) is 0.622. The van der Waals surface area contributed by atoms with E-state index in [0.717, 1.165) is 21.2 Å². The van der Waals surface area contributed by atoms with E-state index in [1.54, 1.807) is 11.3 Å². The summed E-state index contributed by atoms with van der Waals surface area (Å²) in [6.07, 6.45) is 0. The average Bonchev–Trinajstić information content (AvgIpc) is 2.90. The molecule has 0 saturated carbocycles. The number of rotatable bonds is 2.